The number of nitrogens with zero attached hydrogens (tertiary/aromatic N) is 2. The molecule has 4 unspecified atom stereocenters. The van der Waals surface area contributed by atoms with Crippen LogP contribution in [0.2, 0.25) is 0 Å². The first kappa shape index (κ1) is 22.5. The van der Waals surface area contributed by atoms with Crippen LogP contribution in [-0.4, -0.2) is 57.0 Å². The highest BCUT2D eigenvalue weighted by molar-refractivity contribution is 6.05. The molecular weight excluding hydrogens is 396 g/mol. The number of fused-ring (bicyclic) bond motifs is 5. The van der Waals surface area contributed by atoms with Crippen LogP contribution in [0, 0.1) is 34.5 Å². The van der Waals surface area contributed by atoms with Gasteiger partial charge in [0.05, 0.1) is 12.7 Å². The van der Waals surface area contributed by atoms with Crippen LogP contribution >= 0.6 is 0 Å². The highest BCUT2D eigenvalue weighted by Gasteiger charge is 2.68. The van der Waals surface area contributed by atoms with E-state index < -0.39 is 17.1 Å². The molecule has 7 heteroatoms. The molecule has 172 valence electrons. The van der Waals surface area contributed by atoms with Gasteiger partial charge in [-0.1, -0.05) is 42.7 Å². The van der Waals surface area contributed by atoms with Gasteiger partial charge in [0, 0.05) is 23.4 Å². The summed E-state index contributed by atoms with van der Waals surface area (Å²) in [5, 5.41) is 49.1. The minimum atomic E-state index is -1.30. The van der Waals surface area contributed by atoms with Gasteiger partial charge in [-0.3, -0.25) is 0 Å². The first-order chi connectivity index (χ1) is 14.7. The zero-order valence-electron chi connectivity index (χ0n) is 19.0. The molecule has 3 fully saturated rings. The minimum Gasteiger partial charge on any atom is -0.411 e. The van der Waals surface area contributed by atoms with Crippen LogP contribution in [0.1, 0.15) is 53.4 Å². The molecule has 0 saturated heterocycles. The van der Waals surface area contributed by atoms with E-state index in [1.54, 1.807) is 0 Å². The molecule has 4 aliphatic carbocycles. The number of aliphatic hydroxyl groups is 2. The van der Waals surface area contributed by atoms with E-state index in [4.69, 9.17) is 4.74 Å². The summed E-state index contributed by atoms with van der Waals surface area (Å²) < 4.78 is 5.49. The first-order valence-corrected chi connectivity index (χ1v) is 11.5. The van der Waals surface area contributed by atoms with Crippen molar-refractivity contribution >= 4 is 11.4 Å². The Hall–Kier alpha value is -1.70. The summed E-state index contributed by atoms with van der Waals surface area (Å²) in [6.45, 7) is 8.85. The molecule has 31 heavy (non-hydrogen) atoms. The van der Waals surface area contributed by atoms with Crippen molar-refractivity contribution in [2.75, 3.05) is 13.2 Å². The number of allylic oxidation sites excluding steroid dienone is 4. The summed E-state index contributed by atoms with van der Waals surface area (Å²) in [6.07, 6.45) is 7.94. The van der Waals surface area contributed by atoms with Gasteiger partial charge < -0.3 is 25.4 Å². The zero-order valence-corrected chi connectivity index (χ0v) is 19.0. The summed E-state index contributed by atoms with van der Waals surface area (Å²) in [6, 6.07) is 0. The van der Waals surface area contributed by atoms with Crippen molar-refractivity contribution < 1.29 is 25.4 Å². The third-order valence-corrected chi connectivity index (χ3v) is 9.14. The van der Waals surface area contributed by atoms with Gasteiger partial charge >= 0.3 is 0 Å². The number of hydrogen-bond donors (Lipinski definition) is 4. The van der Waals surface area contributed by atoms with Crippen molar-refractivity contribution in [3.05, 3.63) is 23.8 Å². The number of oxime groups is 2. The third-order valence-electron chi connectivity index (χ3n) is 9.14. The second-order valence-electron chi connectivity index (χ2n) is 10.4. The lowest BCUT2D eigenvalue weighted by Gasteiger charge is -2.61. The van der Waals surface area contributed by atoms with E-state index in [0.717, 1.165) is 12.8 Å². The maximum atomic E-state index is 11.8. The zero-order chi connectivity index (χ0) is 22.6. The molecule has 0 radical (unpaired) electrons. The lowest BCUT2D eigenvalue weighted by molar-refractivity contribution is -0.148. The van der Waals surface area contributed by atoms with Crippen molar-refractivity contribution in [2.45, 2.75) is 65.1 Å². The van der Waals surface area contributed by atoms with E-state index in [9.17, 15) is 20.6 Å². The molecule has 0 amide bonds. The SMILES string of the molecule is CCOC/C(=N\O)[C@@]1(O)CC[C@H]2C3C[C@H](C)C4=C/C(=N/O)C=CC4(C)[C@H]3C(O)CC21C. The molecule has 0 aromatic rings. The largest absolute Gasteiger partial charge is 0.411 e. The molecule has 4 aliphatic rings. The Morgan fingerprint density at radius 2 is 2.03 bits per heavy atom. The first-order valence-electron chi connectivity index (χ1n) is 11.5. The Labute approximate surface area is 184 Å². The van der Waals surface area contributed by atoms with Gasteiger partial charge in [0.15, 0.2) is 0 Å². The van der Waals surface area contributed by atoms with Gasteiger partial charge in [0.2, 0.25) is 0 Å². The third kappa shape index (κ3) is 3.04. The normalized spacial score (nSPS) is 48.2. The van der Waals surface area contributed by atoms with Crippen LogP contribution in [-0.2, 0) is 4.74 Å². The van der Waals surface area contributed by atoms with Gasteiger partial charge in [0.25, 0.3) is 0 Å². The maximum Gasteiger partial charge on any atom is 0.115 e. The van der Waals surface area contributed by atoms with E-state index in [1.165, 1.54) is 5.57 Å². The monoisotopic (exact) mass is 432 g/mol. The van der Waals surface area contributed by atoms with Gasteiger partial charge in [-0.2, -0.15) is 0 Å². The standard InChI is InChI=1S/C24H36N2O5/c1-5-31-13-20(26-30)24(28)9-7-17-16-10-14(2)18-11-15(25-29)6-8-22(18,3)21(16)19(27)12-23(17,24)4/h6,8,11,14,16-17,19,21,27-30H,5,7,9-10,12-13H2,1-4H3/b25-15+,26-20+/t14-,16?,17-,19?,21+,22?,23?,24-/m0/s1. The van der Waals surface area contributed by atoms with Crippen LogP contribution in [0.5, 0.6) is 0 Å². The Morgan fingerprint density at radius 1 is 1.29 bits per heavy atom. The average molecular weight is 433 g/mol. The maximum absolute atomic E-state index is 11.8. The molecule has 0 aromatic carbocycles. The fourth-order valence-electron chi connectivity index (χ4n) is 7.73. The minimum absolute atomic E-state index is 0.0216. The summed E-state index contributed by atoms with van der Waals surface area (Å²) in [5.74, 6) is 0.717. The van der Waals surface area contributed by atoms with Gasteiger partial charge in [-0.05, 0) is 62.5 Å². The quantitative estimate of drug-likeness (QED) is 0.309. The Kier molecular flexibility index (Phi) is 5.59. The summed E-state index contributed by atoms with van der Waals surface area (Å²) >= 11 is 0. The number of hydrogen-bond acceptors (Lipinski definition) is 7. The Bertz CT molecular complexity index is 851. The second-order valence-corrected chi connectivity index (χ2v) is 10.4. The van der Waals surface area contributed by atoms with Crippen LogP contribution in [0.3, 0.4) is 0 Å². The van der Waals surface area contributed by atoms with Gasteiger partial charge in [-0.25, -0.2) is 0 Å². The van der Waals surface area contributed by atoms with Crippen molar-refractivity contribution in [3.8, 4) is 0 Å². The Morgan fingerprint density at radius 3 is 2.68 bits per heavy atom. The number of ether oxygens (including phenoxy) is 1. The molecule has 0 aromatic heterocycles. The molecule has 8 atom stereocenters. The molecule has 4 rings (SSSR count). The molecule has 0 spiro atoms. The van der Waals surface area contributed by atoms with E-state index in [1.807, 2.05) is 26.0 Å². The van der Waals surface area contributed by atoms with E-state index in [2.05, 4.69) is 30.2 Å². The van der Waals surface area contributed by atoms with Crippen LogP contribution in [0.25, 0.3) is 0 Å². The Balaban J connectivity index is 1.73. The molecule has 7 nitrogen and oxygen atoms in total. The van der Waals surface area contributed by atoms with Crippen LogP contribution < -0.4 is 0 Å². The molecular formula is C24H36N2O5. The highest BCUT2D eigenvalue weighted by Crippen LogP contribution is 2.67. The number of aliphatic hydroxyl groups excluding tert-OH is 1. The smallest absolute Gasteiger partial charge is 0.115 e. The van der Waals surface area contributed by atoms with Crippen molar-refractivity contribution in [2.24, 2.45) is 44.8 Å². The summed E-state index contributed by atoms with van der Waals surface area (Å²) in [7, 11) is 0. The van der Waals surface area contributed by atoms with Crippen LogP contribution in [0.15, 0.2) is 34.1 Å². The number of rotatable bonds is 4. The highest BCUT2D eigenvalue weighted by atomic mass is 16.5. The van der Waals surface area contributed by atoms with E-state index in [-0.39, 0.29) is 41.4 Å². The van der Waals surface area contributed by atoms with Gasteiger partial charge in [0.1, 0.15) is 17.0 Å². The average Bonchev–Trinajstić information content (AvgIpc) is 2.99. The van der Waals surface area contributed by atoms with Gasteiger partial charge in [-0.15, -0.1) is 0 Å². The predicted octanol–water partition coefficient (Wildman–Crippen LogP) is 3.37. The molecule has 0 bridgehead atoms. The van der Waals surface area contributed by atoms with E-state index in [0.29, 0.717) is 25.2 Å². The van der Waals surface area contributed by atoms with Crippen molar-refractivity contribution in [1.82, 2.24) is 0 Å². The lowest BCUT2D eigenvalue weighted by atomic mass is 9.44. The molecule has 0 heterocycles. The summed E-state index contributed by atoms with van der Waals surface area (Å²) in [4.78, 5) is 0. The van der Waals surface area contributed by atoms with Crippen molar-refractivity contribution in [3.63, 3.8) is 0 Å². The molecule has 4 N–H and O–H groups in total. The molecule has 0 aliphatic heterocycles. The lowest BCUT2D eigenvalue weighted by Crippen LogP contribution is -2.62. The van der Waals surface area contributed by atoms with Crippen molar-refractivity contribution in [1.29, 1.82) is 0 Å². The second kappa shape index (κ2) is 7.71. The summed E-state index contributed by atoms with van der Waals surface area (Å²) in [5.41, 5.74) is -0.206. The van der Waals surface area contributed by atoms with Crippen LogP contribution in [0.4, 0.5) is 0 Å². The fraction of sp³-hybridized carbons (Fsp3) is 0.750. The van der Waals surface area contributed by atoms with E-state index >= 15 is 0 Å². The topological polar surface area (TPSA) is 115 Å². The fourth-order valence-corrected chi connectivity index (χ4v) is 7.73. The predicted molar refractivity (Wildman–Crippen MR) is 117 cm³/mol. The molecule has 3 saturated carbocycles.